The molecule has 0 spiro atoms. The molecule has 2 aromatic rings. The minimum atomic E-state index is -3.92. The van der Waals surface area contributed by atoms with Crippen LogP contribution in [0.2, 0.25) is 0 Å². The van der Waals surface area contributed by atoms with Gasteiger partial charge in [0.25, 0.3) is 0 Å². The van der Waals surface area contributed by atoms with E-state index in [1.807, 2.05) is 0 Å². The molecule has 0 fully saturated rings. The van der Waals surface area contributed by atoms with Crippen molar-refractivity contribution in [3.8, 4) is 0 Å². The minimum absolute atomic E-state index is 0.0304. The summed E-state index contributed by atoms with van der Waals surface area (Å²) in [5.74, 6) is -0.537. The van der Waals surface area contributed by atoms with Gasteiger partial charge in [-0.05, 0) is 17.7 Å². The zero-order valence-corrected chi connectivity index (χ0v) is 11.2. The summed E-state index contributed by atoms with van der Waals surface area (Å²) < 4.78 is 44.6. The van der Waals surface area contributed by atoms with Gasteiger partial charge in [0.1, 0.15) is 10.7 Å². The summed E-state index contributed by atoms with van der Waals surface area (Å²) in [5.41, 5.74) is 5.88. The van der Waals surface area contributed by atoms with Crippen LogP contribution in [-0.4, -0.2) is 25.1 Å². The highest BCUT2D eigenvalue weighted by Crippen LogP contribution is 2.15. The van der Waals surface area contributed by atoms with Gasteiger partial charge in [0.05, 0.1) is 0 Å². The molecule has 0 aliphatic rings. The molecule has 20 heavy (non-hydrogen) atoms. The van der Waals surface area contributed by atoms with Crippen LogP contribution in [0.3, 0.4) is 0 Å². The van der Waals surface area contributed by atoms with E-state index in [9.17, 15) is 12.8 Å². The third-order valence-corrected chi connectivity index (χ3v) is 4.05. The van der Waals surface area contributed by atoms with Crippen LogP contribution in [0.4, 0.5) is 4.39 Å². The predicted molar refractivity (Wildman–Crippen MR) is 67.5 cm³/mol. The Morgan fingerprint density at radius 2 is 2.20 bits per heavy atom. The Labute approximate surface area is 115 Å². The second-order valence-corrected chi connectivity index (χ2v) is 5.69. The molecule has 3 N–H and O–H groups in total. The van der Waals surface area contributed by atoms with Gasteiger partial charge in [-0.1, -0.05) is 11.2 Å². The van der Waals surface area contributed by atoms with E-state index in [1.165, 1.54) is 18.5 Å². The molecule has 0 saturated heterocycles. The Morgan fingerprint density at radius 3 is 2.80 bits per heavy atom. The Kier molecular flexibility index (Phi) is 4.42. The fourth-order valence-corrected chi connectivity index (χ4v) is 2.65. The number of benzene rings is 1. The summed E-state index contributed by atoms with van der Waals surface area (Å²) in [4.78, 5) is 3.33. The molecule has 7 nitrogen and oxygen atoms in total. The van der Waals surface area contributed by atoms with E-state index in [-0.39, 0.29) is 19.5 Å². The van der Waals surface area contributed by atoms with Crippen LogP contribution in [0.15, 0.2) is 33.9 Å². The number of nitrogens with zero attached hydrogens (tertiary/aromatic N) is 2. The van der Waals surface area contributed by atoms with Crippen LogP contribution < -0.4 is 10.5 Å². The molecule has 2 rings (SSSR count). The summed E-state index contributed by atoms with van der Waals surface area (Å²) in [7, 11) is -3.92. The highest BCUT2D eigenvalue weighted by Gasteiger charge is 2.19. The van der Waals surface area contributed by atoms with Crippen molar-refractivity contribution >= 4 is 10.0 Å². The van der Waals surface area contributed by atoms with Crippen LogP contribution in [-0.2, 0) is 23.0 Å². The molecule has 0 atom stereocenters. The lowest BCUT2D eigenvalue weighted by molar-refractivity contribution is 0.377. The van der Waals surface area contributed by atoms with E-state index >= 15 is 0 Å². The first kappa shape index (κ1) is 14.6. The van der Waals surface area contributed by atoms with Crippen molar-refractivity contribution in [1.82, 2.24) is 14.9 Å². The van der Waals surface area contributed by atoms with Crippen molar-refractivity contribution in [2.24, 2.45) is 5.73 Å². The van der Waals surface area contributed by atoms with Crippen LogP contribution in [0.25, 0.3) is 0 Å². The van der Waals surface area contributed by atoms with Gasteiger partial charge in [-0.15, -0.1) is 0 Å². The van der Waals surface area contributed by atoms with Gasteiger partial charge in [0.2, 0.25) is 15.9 Å². The number of halogens is 1. The standard InChI is InChI=1S/C11H13FN4O3S/c12-9-5-8(6-13)1-2-10(9)20(17,18)16-4-3-11-14-7-15-19-11/h1-2,5,7,16H,3-4,6,13H2. The molecule has 1 aromatic carbocycles. The molecule has 0 amide bonds. The Morgan fingerprint density at radius 1 is 1.40 bits per heavy atom. The van der Waals surface area contributed by atoms with Crippen LogP contribution in [0, 0.1) is 5.82 Å². The maximum absolute atomic E-state index is 13.7. The van der Waals surface area contributed by atoms with Crippen LogP contribution >= 0.6 is 0 Å². The number of nitrogens with two attached hydrogens (primary N) is 1. The highest BCUT2D eigenvalue weighted by molar-refractivity contribution is 7.89. The van der Waals surface area contributed by atoms with E-state index < -0.39 is 20.7 Å². The van der Waals surface area contributed by atoms with E-state index in [0.29, 0.717) is 11.5 Å². The predicted octanol–water partition coefficient (Wildman–Crippen LogP) is 0.188. The average Bonchev–Trinajstić information content (AvgIpc) is 2.91. The average molecular weight is 300 g/mol. The second kappa shape index (κ2) is 6.07. The molecule has 0 radical (unpaired) electrons. The van der Waals surface area contributed by atoms with E-state index in [0.717, 1.165) is 6.07 Å². The Bertz CT molecular complexity index is 673. The number of aromatic nitrogens is 2. The maximum Gasteiger partial charge on any atom is 0.243 e. The van der Waals surface area contributed by atoms with Gasteiger partial charge in [-0.2, -0.15) is 4.98 Å². The molecule has 9 heteroatoms. The number of nitrogens with one attached hydrogen (secondary N) is 1. The normalized spacial score (nSPS) is 11.7. The highest BCUT2D eigenvalue weighted by atomic mass is 32.2. The van der Waals surface area contributed by atoms with E-state index in [2.05, 4.69) is 14.9 Å². The first-order valence-electron chi connectivity index (χ1n) is 5.76. The lowest BCUT2D eigenvalue weighted by Gasteiger charge is -2.07. The molecule has 0 saturated carbocycles. The van der Waals surface area contributed by atoms with Crippen LogP contribution in [0.1, 0.15) is 11.5 Å². The minimum Gasteiger partial charge on any atom is -0.340 e. The van der Waals surface area contributed by atoms with Gasteiger partial charge < -0.3 is 10.3 Å². The summed E-state index contributed by atoms with van der Waals surface area (Å²) in [6.07, 6.45) is 1.44. The third-order valence-electron chi connectivity index (χ3n) is 2.56. The summed E-state index contributed by atoms with van der Waals surface area (Å²) in [6, 6.07) is 3.76. The van der Waals surface area contributed by atoms with E-state index in [4.69, 9.17) is 10.3 Å². The number of rotatable bonds is 6. The van der Waals surface area contributed by atoms with Crippen molar-refractivity contribution in [3.63, 3.8) is 0 Å². The topological polar surface area (TPSA) is 111 Å². The second-order valence-electron chi connectivity index (χ2n) is 3.95. The molecule has 0 unspecified atom stereocenters. The first-order valence-corrected chi connectivity index (χ1v) is 7.25. The zero-order valence-electron chi connectivity index (χ0n) is 10.4. The lowest BCUT2D eigenvalue weighted by Crippen LogP contribution is -2.27. The SMILES string of the molecule is NCc1ccc(S(=O)(=O)NCCc2ncno2)c(F)c1. The fraction of sp³-hybridized carbons (Fsp3) is 0.273. The lowest BCUT2D eigenvalue weighted by atomic mass is 10.2. The molecule has 1 aromatic heterocycles. The maximum atomic E-state index is 13.7. The van der Waals surface area contributed by atoms with Crippen LogP contribution in [0.5, 0.6) is 0 Å². The smallest absolute Gasteiger partial charge is 0.243 e. The Balaban J connectivity index is 2.06. The molecule has 0 aliphatic carbocycles. The summed E-state index contributed by atoms with van der Waals surface area (Å²) in [5, 5.41) is 3.39. The van der Waals surface area contributed by atoms with Crippen molar-refractivity contribution in [3.05, 3.63) is 41.8 Å². The zero-order chi connectivity index (χ0) is 14.6. The number of hydrogen-bond donors (Lipinski definition) is 2. The van der Waals surface area contributed by atoms with Gasteiger partial charge in [0.15, 0.2) is 6.33 Å². The largest absolute Gasteiger partial charge is 0.340 e. The number of hydrogen-bond acceptors (Lipinski definition) is 6. The monoisotopic (exact) mass is 300 g/mol. The van der Waals surface area contributed by atoms with Gasteiger partial charge in [0, 0.05) is 19.5 Å². The Hall–Kier alpha value is -1.84. The van der Waals surface area contributed by atoms with Gasteiger partial charge in [-0.3, -0.25) is 0 Å². The van der Waals surface area contributed by atoms with Crippen molar-refractivity contribution in [1.29, 1.82) is 0 Å². The van der Waals surface area contributed by atoms with E-state index in [1.54, 1.807) is 0 Å². The molecular formula is C11H13FN4O3S. The molecule has 0 aliphatic heterocycles. The van der Waals surface area contributed by atoms with Crippen molar-refractivity contribution in [2.45, 2.75) is 17.9 Å². The van der Waals surface area contributed by atoms with Crippen molar-refractivity contribution < 1.29 is 17.3 Å². The first-order chi connectivity index (χ1) is 9.53. The molecule has 1 heterocycles. The molecular weight excluding hydrogens is 287 g/mol. The van der Waals surface area contributed by atoms with Crippen molar-refractivity contribution in [2.75, 3.05) is 6.54 Å². The summed E-state index contributed by atoms with van der Waals surface area (Å²) >= 11 is 0. The van der Waals surface area contributed by atoms with Gasteiger partial charge >= 0.3 is 0 Å². The number of sulfonamides is 1. The third kappa shape index (κ3) is 3.38. The quantitative estimate of drug-likeness (QED) is 0.787. The van der Waals surface area contributed by atoms with Gasteiger partial charge in [-0.25, -0.2) is 17.5 Å². The molecule has 0 bridgehead atoms. The fourth-order valence-electron chi connectivity index (χ4n) is 1.57. The molecule has 108 valence electrons. The summed E-state index contributed by atoms with van der Waals surface area (Å²) in [6.45, 7) is 0.171.